The molecule has 4 aromatic rings. The van der Waals surface area contributed by atoms with Crippen LogP contribution in [0.5, 0.6) is 5.75 Å². The third-order valence-electron chi connectivity index (χ3n) is 6.11. The number of benzene rings is 2. The standard InChI is InChI=1S/C26H33N7O3/c1-30(2)13-14-31(3)23-16-25(36-6)21(15-24(23)33(5,34)35)29-26-27-12-11-20(28-26)19-17-32(4)22-10-8-7-9-18(19)22/h7-12,15-17,34H,13-14H2,1-6H3,(H,27,28,29). The molecule has 2 heterocycles. The number of nitrogens with zero attached hydrogens (tertiary/aromatic N) is 6. The average molecular weight is 492 g/mol. The molecule has 0 saturated carbocycles. The van der Waals surface area contributed by atoms with Crippen LogP contribution in [0, 0.1) is 5.21 Å². The summed E-state index contributed by atoms with van der Waals surface area (Å²) in [5.41, 5.74) is 4.07. The van der Waals surface area contributed by atoms with Crippen molar-refractivity contribution < 1.29 is 9.94 Å². The van der Waals surface area contributed by atoms with Gasteiger partial charge < -0.3 is 29.6 Å². The molecule has 0 fully saturated rings. The molecule has 10 heteroatoms. The van der Waals surface area contributed by atoms with Gasteiger partial charge in [-0.05, 0) is 26.2 Å². The lowest BCUT2D eigenvalue weighted by atomic mass is 10.1. The number of nitrogens with one attached hydrogen (secondary N) is 1. The number of hydroxylamine groups is 2. The van der Waals surface area contributed by atoms with Gasteiger partial charge in [-0.1, -0.05) is 18.2 Å². The van der Waals surface area contributed by atoms with E-state index >= 15 is 0 Å². The van der Waals surface area contributed by atoms with E-state index in [1.165, 1.54) is 7.05 Å². The fraction of sp³-hybridized carbons (Fsp3) is 0.308. The Morgan fingerprint density at radius 2 is 1.89 bits per heavy atom. The van der Waals surface area contributed by atoms with Crippen LogP contribution in [0.1, 0.15) is 0 Å². The lowest BCUT2D eigenvalue weighted by Crippen LogP contribution is -2.36. The monoisotopic (exact) mass is 491 g/mol. The minimum Gasteiger partial charge on any atom is -0.593 e. The molecule has 36 heavy (non-hydrogen) atoms. The molecule has 0 amide bonds. The largest absolute Gasteiger partial charge is 0.593 e. The maximum atomic E-state index is 12.7. The van der Waals surface area contributed by atoms with Crippen LogP contribution in [0.4, 0.5) is 23.0 Å². The summed E-state index contributed by atoms with van der Waals surface area (Å²) >= 11 is 0. The molecule has 0 spiro atoms. The molecule has 0 aliphatic heterocycles. The second kappa shape index (κ2) is 10.1. The zero-order valence-corrected chi connectivity index (χ0v) is 21.6. The molecule has 0 bridgehead atoms. The number of fused-ring (bicyclic) bond motifs is 1. The first-order chi connectivity index (χ1) is 17.1. The van der Waals surface area contributed by atoms with Crippen molar-refractivity contribution >= 4 is 33.9 Å². The number of likely N-dealkylation sites (N-methyl/N-ethyl adjacent to an activating group) is 2. The van der Waals surface area contributed by atoms with Crippen LogP contribution in [0.25, 0.3) is 22.2 Å². The molecule has 2 aromatic heterocycles. The van der Waals surface area contributed by atoms with Crippen molar-refractivity contribution in [2.45, 2.75) is 0 Å². The van der Waals surface area contributed by atoms with E-state index in [2.05, 4.69) is 27.0 Å². The molecular formula is C26H33N7O3. The summed E-state index contributed by atoms with van der Waals surface area (Å²) in [7, 11) is 10.6. The van der Waals surface area contributed by atoms with Crippen LogP contribution >= 0.6 is 0 Å². The normalized spacial score (nSPS) is 13.1. The van der Waals surface area contributed by atoms with Crippen LogP contribution in [0.2, 0.25) is 0 Å². The summed E-state index contributed by atoms with van der Waals surface area (Å²) in [6, 6.07) is 13.3. The Bertz CT molecular complexity index is 1360. The minimum atomic E-state index is -1.59. The highest BCUT2D eigenvalue weighted by atomic mass is 16.8. The summed E-state index contributed by atoms with van der Waals surface area (Å²) in [5, 5.41) is 27.3. The molecule has 1 unspecified atom stereocenters. The highest BCUT2D eigenvalue weighted by Gasteiger charge is 2.24. The first-order valence-corrected chi connectivity index (χ1v) is 11.6. The van der Waals surface area contributed by atoms with E-state index in [1.807, 2.05) is 62.4 Å². The van der Waals surface area contributed by atoms with Gasteiger partial charge in [-0.25, -0.2) is 15.2 Å². The SMILES string of the molecule is COc1cc(N(C)CCN(C)C)c([N+](C)([O-])O)cc1Nc1nccc(-c2cn(C)c3ccccc23)n1. The van der Waals surface area contributed by atoms with Gasteiger partial charge in [-0.2, -0.15) is 4.81 Å². The summed E-state index contributed by atoms with van der Waals surface area (Å²) in [4.78, 5) is 11.5. The minimum absolute atomic E-state index is 0.171. The zero-order chi connectivity index (χ0) is 26.0. The predicted octanol–water partition coefficient (Wildman–Crippen LogP) is 4.21. The van der Waals surface area contributed by atoms with Crippen LogP contribution in [-0.4, -0.2) is 73.0 Å². The number of para-hydroxylation sites is 1. The Balaban J connectivity index is 1.72. The van der Waals surface area contributed by atoms with Crippen molar-refractivity contribution in [3.8, 4) is 17.0 Å². The van der Waals surface area contributed by atoms with Gasteiger partial charge in [0.15, 0.2) is 5.69 Å². The number of hydrogen-bond donors (Lipinski definition) is 2. The molecule has 0 aliphatic carbocycles. The Hall–Kier alpha value is -3.70. The average Bonchev–Trinajstić information content (AvgIpc) is 3.18. The zero-order valence-electron chi connectivity index (χ0n) is 21.6. The predicted molar refractivity (Wildman–Crippen MR) is 145 cm³/mol. The van der Waals surface area contributed by atoms with Gasteiger partial charge in [0, 0.05) is 68.2 Å². The molecule has 2 aromatic carbocycles. The first-order valence-electron chi connectivity index (χ1n) is 11.6. The molecule has 0 radical (unpaired) electrons. The lowest BCUT2D eigenvalue weighted by molar-refractivity contribution is -0.00399. The summed E-state index contributed by atoms with van der Waals surface area (Å²) < 4.78 is 7.69. The van der Waals surface area contributed by atoms with Crippen molar-refractivity contribution in [2.24, 2.45) is 7.05 Å². The van der Waals surface area contributed by atoms with Crippen LogP contribution < -0.4 is 19.8 Å². The highest BCUT2D eigenvalue weighted by Crippen LogP contribution is 2.41. The maximum absolute atomic E-state index is 12.7. The van der Waals surface area contributed by atoms with Crippen LogP contribution in [0.15, 0.2) is 54.9 Å². The molecule has 0 aliphatic rings. The van der Waals surface area contributed by atoms with Gasteiger partial charge in [0.1, 0.15) is 18.5 Å². The van der Waals surface area contributed by atoms with Crippen molar-refractivity contribution in [3.63, 3.8) is 0 Å². The third-order valence-corrected chi connectivity index (χ3v) is 6.11. The van der Waals surface area contributed by atoms with E-state index < -0.39 is 4.81 Å². The molecule has 2 N–H and O–H groups in total. The number of methoxy groups -OCH3 is 1. The van der Waals surface area contributed by atoms with Crippen LogP contribution in [-0.2, 0) is 7.05 Å². The van der Waals surface area contributed by atoms with E-state index in [9.17, 15) is 10.4 Å². The second-order valence-corrected chi connectivity index (χ2v) is 9.21. The van der Waals surface area contributed by atoms with Crippen molar-refractivity contribution in [2.75, 3.05) is 58.6 Å². The van der Waals surface area contributed by atoms with Crippen LogP contribution in [0.3, 0.4) is 0 Å². The molecule has 10 nitrogen and oxygen atoms in total. The fourth-order valence-corrected chi connectivity index (χ4v) is 4.17. The van der Waals surface area contributed by atoms with E-state index in [4.69, 9.17) is 9.72 Å². The van der Waals surface area contributed by atoms with Crippen molar-refractivity contribution in [3.05, 3.63) is 60.1 Å². The molecule has 190 valence electrons. The summed E-state index contributed by atoms with van der Waals surface area (Å²) in [5.74, 6) is 0.842. The number of quaternary nitrogens is 1. The summed E-state index contributed by atoms with van der Waals surface area (Å²) in [6.45, 7) is 1.44. The van der Waals surface area contributed by atoms with Crippen molar-refractivity contribution in [1.29, 1.82) is 0 Å². The van der Waals surface area contributed by atoms with E-state index in [0.29, 0.717) is 29.6 Å². The van der Waals surface area contributed by atoms with Gasteiger partial charge in [0.2, 0.25) is 5.95 Å². The number of aromatic nitrogens is 3. The second-order valence-electron chi connectivity index (χ2n) is 9.21. The highest BCUT2D eigenvalue weighted by molar-refractivity contribution is 5.95. The van der Waals surface area contributed by atoms with Gasteiger partial charge in [0.05, 0.1) is 18.5 Å². The van der Waals surface area contributed by atoms with Gasteiger partial charge in [-0.3, -0.25) is 0 Å². The molecule has 0 saturated heterocycles. The fourth-order valence-electron chi connectivity index (χ4n) is 4.17. The maximum Gasteiger partial charge on any atom is 0.227 e. The van der Waals surface area contributed by atoms with Gasteiger partial charge in [0.25, 0.3) is 0 Å². The quantitative estimate of drug-likeness (QED) is 0.265. The third kappa shape index (κ3) is 5.26. The smallest absolute Gasteiger partial charge is 0.227 e. The topological polar surface area (TPSA) is 102 Å². The number of rotatable bonds is 9. The Morgan fingerprint density at radius 1 is 1.14 bits per heavy atom. The van der Waals surface area contributed by atoms with Gasteiger partial charge in [-0.15, -0.1) is 0 Å². The number of ether oxygens (including phenoxy) is 1. The number of hydrogen-bond acceptors (Lipinski definition) is 8. The molecule has 1 atom stereocenters. The summed E-state index contributed by atoms with van der Waals surface area (Å²) in [6.07, 6.45) is 3.73. The van der Waals surface area contributed by atoms with Gasteiger partial charge >= 0.3 is 0 Å². The lowest BCUT2D eigenvalue weighted by Gasteiger charge is -2.33. The Kier molecular flexibility index (Phi) is 7.14. The molecular weight excluding hydrogens is 458 g/mol. The van der Waals surface area contributed by atoms with E-state index in [1.54, 1.807) is 25.4 Å². The number of anilines is 3. The Labute approximate surface area is 211 Å². The Morgan fingerprint density at radius 3 is 2.58 bits per heavy atom. The number of aryl methyl sites for hydroxylation is 1. The molecule has 4 rings (SSSR count). The van der Waals surface area contributed by atoms with E-state index in [0.717, 1.165) is 28.7 Å². The van der Waals surface area contributed by atoms with E-state index in [-0.39, 0.29) is 5.69 Å². The first kappa shape index (κ1) is 25.4. The van der Waals surface area contributed by atoms with Crippen molar-refractivity contribution in [1.82, 2.24) is 24.2 Å².